The minimum Gasteiger partial charge on any atom is -0.380 e. The summed E-state index contributed by atoms with van der Waals surface area (Å²) >= 11 is 3.51. The molecule has 0 fully saturated rings. The molecule has 1 amide bonds. The van der Waals surface area contributed by atoms with Gasteiger partial charge in [-0.2, -0.15) is 0 Å². The Morgan fingerprint density at radius 1 is 1.23 bits per heavy atom. The molecular weight excluding hydrogens is 394 g/mol. The number of rotatable bonds is 5. The Labute approximate surface area is 159 Å². The molecule has 0 bridgehead atoms. The van der Waals surface area contributed by atoms with E-state index in [1.165, 1.54) is 0 Å². The van der Waals surface area contributed by atoms with Crippen molar-refractivity contribution < 1.29 is 10.0 Å². The number of halogens is 1. The second-order valence-corrected chi connectivity index (χ2v) is 6.80. The van der Waals surface area contributed by atoms with Gasteiger partial charge in [-0.25, -0.2) is 5.48 Å². The van der Waals surface area contributed by atoms with Crippen LogP contribution in [0.4, 0.5) is 5.69 Å². The maximum Gasteiger partial charge on any atom is 0.274 e. The summed E-state index contributed by atoms with van der Waals surface area (Å²) in [7, 11) is 0. The van der Waals surface area contributed by atoms with Crippen LogP contribution in [0.1, 0.15) is 22.8 Å². The summed E-state index contributed by atoms with van der Waals surface area (Å²) in [5.41, 5.74) is 6.06. The van der Waals surface area contributed by atoms with Crippen molar-refractivity contribution >= 4 is 44.5 Å². The van der Waals surface area contributed by atoms with Gasteiger partial charge in [0.15, 0.2) is 0 Å². The first-order valence-electron chi connectivity index (χ1n) is 8.06. The maximum atomic E-state index is 11.3. The molecule has 3 rings (SSSR count). The molecule has 0 aliphatic heterocycles. The highest BCUT2D eigenvalue weighted by molar-refractivity contribution is 9.10. The normalized spacial score (nSPS) is 11.4. The highest BCUT2D eigenvalue weighted by Gasteiger charge is 2.03. The zero-order valence-corrected chi connectivity index (χ0v) is 15.7. The van der Waals surface area contributed by atoms with E-state index in [0.29, 0.717) is 12.1 Å². The Morgan fingerprint density at radius 3 is 2.73 bits per heavy atom. The molecule has 2 aromatic carbocycles. The summed E-state index contributed by atoms with van der Waals surface area (Å²) in [5, 5.41) is 13.1. The van der Waals surface area contributed by atoms with Crippen molar-refractivity contribution in [2.75, 3.05) is 11.9 Å². The van der Waals surface area contributed by atoms with Gasteiger partial charge in [0.25, 0.3) is 5.91 Å². The molecule has 0 saturated heterocycles. The van der Waals surface area contributed by atoms with E-state index in [0.717, 1.165) is 32.2 Å². The monoisotopic (exact) mass is 411 g/mol. The molecule has 0 saturated carbocycles. The number of carbonyl (C=O) groups is 1. The highest BCUT2D eigenvalue weighted by atomic mass is 79.9. The molecule has 1 heterocycles. The summed E-state index contributed by atoms with van der Waals surface area (Å²) in [6, 6.07) is 15.1. The fraction of sp³-hybridized carbons (Fsp3) is 0.100. The number of hydroxylamine groups is 1. The lowest BCUT2D eigenvalue weighted by molar-refractivity contribution is 0.0706. The number of aromatic nitrogens is 1. The smallest absolute Gasteiger partial charge is 0.274 e. The molecule has 1 aromatic heterocycles. The lowest BCUT2D eigenvalue weighted by Crippen LogP contribution is -2.18. The lowest BCUT2D eigenvalue weighted by Gasteiger charge is -2.08. The van der Waals surface area contributed by atoms with Crippen LogP contribution in [0.15, 0.2) is 64.8 Å². The molecule has 0 aliphatic rings. The molecule has 0 unspecified atom stereocenters. The van der Waals surface area contributed by atoms with Gasteiger partial charge in [0, 0.05) is 22.0 Å². The van der Waals surface area contributed by atoms with E-state index < -0.39 is 5.91 Å². The number of amides is 1. The van der Waals surface area contributed by atoms with E-state index in [4.69, 9.17) is 5.21 Å². The standard InChI is InChI=1S/C20H18BrN3O2/c1-13(9-14-5-7-15(8-6-14)20(25)24-26)11-22-17-10-16-3-2-4-18(21)19(16)23-12-17/h2-10,12,22,26H,11H2,1H3,(H,24,25). The molecule has 0 atom stereocenters. The van der Waals surface area contributed by atoms with E-state index in [9.17, 15) is 4.79 Å². The molecule has 26 heavy (non-hydrogen) atoms. The largest absolute Gasteiger partial charge is 0.380 e. The number of hydrogen-bond donors (Lipinski definition) is 3. The number of nitrogens with one attached hydrogen (secondary N) is 2. The van der Waals surface area contributed by atoms with E-state index in [-0.39, 0.29) is 0 Å². The number of carbonyl (C=O) groups excluding carboxylic acids is 1. The van der Waals surface area contributed by atoms with E-state index in [1.54, 1.807) is 17.6 Å². The summed E-state index contributed by atoms with van der Waals surface area (Å²) in [4.78, 5) is 15.8. The fourth-order valence-corrected chi connectivity index (χ4v) is 3.08. The van der Waals surface area contributed by atoms with Crippen LogP contribution in [-0.4, -0.2) is 22.6 Å². The Bertz CT molecular complexity index is 968. The van der Waals surface area contributed by atoms with Gasteiger partial charge in [-0.05, 0) is 52.7 Å². The van der Waals surface area contributed by atoms with E-state index in [2.05, 4.69) is 32.3 Å². The Balaban J connectivity index is 1.67. The number of pyridine rings is 1. The minimum atomic E-state index is -0.519. The second-order valence-electron chi connectivity index (χ2n) is 5.94. The van der Waals surface area contributed by atoms with Crippen molar-refractivity contribution in [2.24, 2.45) is 0 Å². The molecule has 5 nitrogen and oxygen atoms in total. The number of hydrogen-bond acceptors (Lipinski definition) is 4. The first-order chi connectivity index (χ1) is 12.6. The molecule has 3 N–H and O–H groups in total. The van der Waals surface area contributed by atoms with Gasteiger partial charge >= 0.3 is 0 Å². The summed E-state index contributed by atoms with van der Waals surface area (Å²) in [6.45, 7) is 2.71. The first kappa shape index (κ1) is 18.1. The summed E-state index contributed by atoms with van der Waals surface area (Å²) in [5.74, 6) is -0.519. The second kappa shape index (κ2) is 8.12. The topological polar surface area (TPSA) is 74.2 Å². The SMILES string of the molecule is CC(=Cc1ccc(C(=O)NO)cc1)CNc1cnc2c(Br)cccc2c1. The van der Waals surface area contributed by atoms with Gasteiger partial charge in [-0.15, -0.1) is 0 Å². The zero-order valence-electron chi connectivity index (χ0n) is 14.2. The van der Waals surface area contributed by atoms with Gasteiger partial charge in [0.05, 0.1) is 17.4 Å². The van der Waals surface area contributed by atoms with Crippen LogP contribution < -0.4 is 10.8 Å². The number of para-hydroxylation sites is 1. The van der Waals surface area contributed by atoms with E-state index >= 15 is 0 Å². The van der Waals surface area contributed by atoms with Crippen molar-refractivity contribution in [3.8, 4) is 0 Å². The maximum absolute atomic E-state index is 11.3. The third kappa shape index (κ3) is 4.28. The number of anilines is 1. The van der Waals surface area contributed by atoms with Crippen molar-refractivity contribution in [3.63, 3.8) is 0 Å². The molecular formula is C20H18BrN3O2. The summed E-state index contributed by atoms with van der Waals surface area (Å²) < 4.78 is 0.982. The average molecular weight is 412 g/mol. The van der Waals surface area contributed by atoms with Crippen LogP contribution >= 0.6 is 15.9 Å². The van der Waals surface area contributed by atoms with Crippen LogP contribution in [0, 0.1) is 0 Å². The number of benzene rings is 2. The molecule has 0 spiro atoms. The zero-order chi connectivity index (χ0) is 18.5. The van der Waals surface area contributed by atoms with Crippen LogP contribution in [-0.2, 0) is 0 Å². The van der Waals surface area contributed by atoms with Crippen LogP contribution in [0.25, 0.3) is 17.0 Å². The molecule has 6 heteroatoms. The minimum absolute atomic E-state index is 0.411. The summed E-state index contributed by atoms with van der Waals surface area (Å²) in [6.07, 6.45) is 3.86. The highest BCUT2D eigenvalue weighted by Crippen LogP contribution is 2.24. The van der Waals surface area contributed by atoms with Crippen LogP contribution in [0.5, 0.6) is 0 Å². The van der Waals surface area contributed by atoms with Crippen molar-refractivity contribution in [2.45, 2.75) is 6.92 Å². The fourth-order valence-electron chi connectivity index (χ4n) is 2.59. The third-order valence-electron chi connectivity index (χ3n) is 3.92. The molecule has 0 aliphatic carbocycles. The number of nitrogens with zero attached hydrogens (tertiary/aromatic N) is 1. The van der Waals surface area contributed by atoms with Gasteiger partial charge < -0.3 is 5.32 Å². The van der Waals surface area contributed by atoms with E-state index in [1.807, 2.05) is 49.5 Å². The molecule has 132 valence electrons. The average Bonchev–Trinajstić information content (AvgIpc) is 2.66. The Kier molecular flexibility index (Phi) is 5.65. The van der Waals surface area contributed by atoms with Crippen LogP contribution in [0.3, 0.4) is 0 Å². The Morgan fingerprint density at radius 2 is 2.00 bits per heavy atom. The van der Waals surface area contributed by atoms with Gasteiger partial charge in [-0.1, -0.05) is 35.9 Å². The van der Waals surface area contributed by atoms with Gasteiger partial charge in [-0.3, -0.25) is 15.0 Å². The predicted octanol–water partition coefficient (Wildman–Crippen LogP) is 4.63. The van der Waals surface area contributed by atoms with Crippen molar-refractivity contribution in [1.82, 2.24) is 10.5 Å². The quantitative estimate of drug-likeness (QED) is 0.422. The van der Waals surface area contributed by atoms with Gasteiger partial charge in [0.2, 0.25) is 0 Å². The lowest BCUT2D eigenvalue weighted by atomic mass is 10.1. The predicted molar refractivity (Wildman–Crippen MR) is 107 cm³/mol. The molecule has 0 radical (unpaired) electrons. The first-order valence-corrected chi connectivity index (χ1v) is 8.86. The van der Waals surface area contributed by atoms with Gasteiger partial charge in [0.1, 0.15) is 0 Å². The van der Waals surface area contributed by atoms with Crippen molar-refractivity contribution in [3.05, 3.63) is 75.9 Å². The molecule has 3 aromatic rings. The number of fused-ring (bicyclic) bond motifs is 1. The van der Waals surface area contributed by atoms with Crippen LogP contribution in [0.2, 0.25) is 0 Å². The van der Waals surface area contributed by atoms with Crippen molar-refractivity contribution in [1.29, 1.82) is 0 Å². The Hall–Kier alpha value is -2.70. The third-order valence-corrected chi connectivity index (χ3v) is 4.56.